The number of hydrogen-bond donors (Lipinski definition) is 1. The van der Waals surface area contributed by atoms with E-state index in [0.717, 1.165) is 10.6 Å². The molecule has 0 aliphatic heterocycles. The highest BCUT2D eigenvalue weighted by atomic mass is 32.1. The Bertz CT molecular complexity index is 600. The molecule has 8 heteroatoms. The van der Waals surface area contributed by atoms with Gasteiger partial charge in [0.25, 0.3) is 0 Å². The second-order valence-electron chi connectivity index (χ2n) is 4.34. The molecule has 7 nitrogen and oxygen atoms in total. The molecule has 0 spiro atoms. The number of aromatic nitrogens is 3. The lowest BCUT2D eigenvalue weighted by molar-refractivity contribution is 0.0690. The molecule has 21 heavy (non-hydrogen) atoms. The minimum Gasteiger partial charge on any atom is -0.476 e. The van der Waals surface area contributed by atoms with Gasteiger partial charge in [-0.15, -0.1) is 11.3 Å². The zero-order valence-electron chi connectivity index (χ0n) is 11.8. The molecule has 2 aromatic rings. The van der Waals surface area contributed by atoms with Crippen molar-refractivity contribution in [1.82, 2.24) is 15.0 Å². The maximum absolute atomic E-state index is 10.8. The van der Waals surface area contributed by atoms with Crippen LogP contribution in [0.4, 0.5) is 5.82 Å². The molecule has 0 bridgehead atoms. The van der Waals surface area contributed by atoms with E-state index in [4.69, 9.17) is 9.84 Å². The van der Waals surface area contributed by atoms with Gasteiger partial charge < -0.3 is 14.7 Å². The van der Waals surface area contributed by atoms with Crippen molar-refractivity contribution in [2.24, 2.45) is 0 Å². The number of ether oxygens (including phenoxy) is 1. The summed E-state index contributed by atoms with van der Waals surface area (Å²) < 4.78 is 5.11. The Labute approximate surface area is 126 Å². The quantitative estimate of drug-likeness (QED) is 0.831. The molecule has 0 amide bonds. The van der Waals surface area contributed by atoms with E-state index in [1.165, 1.54) is 12.4 Å². The molecule has 0 saturated heterocycles. The van der Waals surface area contributed by atoms with Gasteiger partial charge in [0.05, 0.1) is 36.7 Å². The van der Waals surface area contributed by atoms with Crippen LogP contribution in [0.2, 0.25) is 0 Å². The topological polar surface area (TPSA) is 88.4 Å². The first-order valence-corrected chi connectivity index (χ1v) is 7.18. The summed E-state index contributed by atoms with van der Waals surface area (Å²) in [5.74, 6) is -0.472. The van der Waals surface area contributed by atoms with Gasteiger partial charge in [0.2, 0.25) is 0 Å². The normalized spacial score (nSPS) is 10.6. The number of aromatic carboxylic acids is 1. The van der Waals surface area contributed by atoms with Gasteiger partial charge in [0.15, 0.2) is 5.69 Å². The van der Waals surface area contributed by atoms with E-state index in [1.54, 1.807) is 24.0 Å². The van der Waals surface area contributed by atoms with Crippen LogP contribution in [0.25, 0.3) is 0 Å². The van der Waals surface area contributed by atoms with Gasteiger partial charge in [0.1, 0.15) is 5.82 Å². The lowest BCUT2D eigenvalue weighted by Gasteiger charge is -2.22. The molecule has 0 saturated carbocycles. The van der Waals surface area contributed by atoms with Gasteiger partial charge in [0, 0.05) is 18.5 Å². The van der Waals surface area contributed by atoms with Gasteiger partial charge in [-0.3, -0.25) is 0 Å². The van der Waals surface area contributed by atoms with Gasteiger partial charge in [-0.2, -0.15) is 0 Å². The van der Waals surface area contributed by atoms with Crippen molar-refractivity contribution in [3.8, 4) is 0 Å². The van der Waals surface area contributed by atoms with Crippen molar-refractivity contribution >= 4 is 23.1 Å². The van der Waals surface area contributed by atoms with Crippen molar-refractivity contribution in [2.75, 3.05) is 25.2 Å². The zero-order valence-corrected chi connectivity index (χ0v) is 12.6. The van der Waals surface area contributed by atoms with Crippen LogP contribution in [0.5, 0.6) is 0 Å². The number of thiazole rings is 1. The monoisotopic (exact) mass is 308 g/mol. The number of anilines is 1. The van der Waals surface area contributed by atoms with Gasteiger partial charge in [-0.1, -0.05) is 0 Å². The Morgan fingerprint density at radius 2 is 2.19 bits per heavy atom. The smallest absolute Gasteiger partial charge is 0.356 e. The maximum Gasteiger partial charge on any atom is 0.356 e. The van der Waals surface area contributed by atoms with E-state index >= 15 is 0 Å². The second-order valence-corrected chi connectivity index (χ2v) is 5.28. The van der Waals surface area contributed by atoms with Crippen molar-refractivity contribution in [3.63, 3.8) is 0 Å². The number of methoxy groups -OCH3 is 1. The summed E-state index contributed by atoms with van der Waals surface area (Å²) in [5.41, 5.74) is 2.72. The fourth-order valence-corrected chi connectivity index (χ4v) is 2.51. The van der Waals surface area contributed by atoms with E-state index < -0.39 is 5.97 Å². The van der Waals surface area contributed by atoms with Crippen molar-refractivity contribution in [3.05, 3.63) is 34.2 Å². The first-order valence-electron chi connectivity index (χ1n) is 6.30. The molecule has 0 unspecified atom stereocenters. The summed E-state index contributed by atoms with van der Waals surface area (Å²) >= 11 is 1.58. The molecule has 0 fully saturated rings. The summed E-state index contributed by atoms with van der Waals surface area (Å²) in [6.45, 7) is 3.77. The third-order valence-corrected chi connectivity index (χ3v) is 3.85. The minimum absolute atomic E-state index is 0.0700. The third-order valence-electron chi connectivity index (χ3n) is 2.93. The summed E-state index contributed by atoms with van der Waals surface area (Å²) in [5, 5.41) is 8.86. The molecular weight excluding hydrogens is 292 g/mol. The molecule has 0 atom stereocenters. The highest BCUT2D eigenvalue weighted by Gasteiger charge is 2.13. The van der Waals surface area contributed by atoms with Crippen LogP contribution >= 0.6 is 11.3 Å². The minimum atomic E-state index is -1.09. The summed E-state index contributed by atoms with van der Waals surface area (Å²) in [6, 6.07) is 0. The Kier molecular flexibility index (Phi) is 5.18. The Balaban J connectivity index is 2.18. The van der Waals surface area contributed by atoms with Gasteiger partial charge in [-0.05, 0) is 6.92 Å². The molecule has 1 N–H and O–H groups in total. The molecule has 0 aliphatic carbocycles. The summed E-state index contributed by atoms with van der Waals surface area (Å²) in [6.07, 6.45) is 2.73. The lowest BCUT2D eigenvalue weighted by Crippen LogP contribution is -2.27. The van der Waals surface area contributed by atoms with Gasteiger partial charge >= 0.3 is 5.97 Å². The molecule has 112 valence electrons. The van der Waals surface area contributed by atoms with Crippen LogP contribution in [0.3, 0.4) is 0 Å². The van der Waals surface area contributed by atoms with E-state index in [0.29, 0.717) is 25.5 Å². The molecule has 0 radical (unpaired) electrons. The molecule has 2 aromatic heterocycles. The second kappa shape index (κ2) is 7.09. The first kappa shape index (κ1) is 15.3. The first-order chi connectivity index (χ1) is 10.1. The number of nitrogens with zero attached hydrogens (tertiary/aromatic N) is 4. The fraction of sp³-hybridized carbons (Fsp3) is 0.385. The predicted octanol–water partition coefficient (Wildman–Crippen LogP) is 1.59. The Morgan fingerprint density at radius 3 is 2.71 bits per heavy atom. The van der Waals surface area contributed by atoms with Crippen LogP contribution in [-0.2, 0) is 11.3 Å². The lowest BCUT2D eigenvalue weighted by atomic mass is 10.3. The number of rotatable bonds is 7. The summed E-state index contributed by atoms with van der Waals surface area (Å²) in [4.78, 5) is 26.2. The van der Waals surface area contributed by atoms with Crippen molar-refractivity contribution in [2.45, 2.75) is 13.5 Å². The Morgan fingerprint density at radius 1 is 1.38 bits per heavy atom. The number of hydrogen-bond acceptors (Lipinski definition) is 7. The van der Waals surface area contributed by atoms with Crippen LogP contribution in [0.15, 0.2) is 17.9 Å². The van der Waals surface area contributed by atoms with E-state index in [-0.39, 0.29) is 5.69 Å². The third kappa shape index (κ3) is 3.96. The number of carboxylic acid groups (broad SMARTS) is 1. The zero-order chi connectivity index (χ0) is 15.2. The standard InChI is InChI=1S/C13H16N4O3S/c1-9-11(21-8-16-9)7-17(3-4-20-2)12-6-14-10(5-15-12)13(18)19/h5-6,8H,3-4,7H2,1-2H3,(H,18,19). The van der Waals surface area contributed by atoms with Crippen LogP contribution in [0, 0.1) is 6.92 Å². The molecule has 2 heterocycles. The molecular formula is C13H16N4O3S. The van der Waals surface area contributed by atoms with Crippen LogP contribution < -0.4 is 4.90 Å². The average molecular weight is 308 g/mol. The van der Waals surface area contributed by atoms with E-state index in [9.17, 15) is 4.79 Å². The van der Waals surface area contributed by atoms with Gasteiger partial charge in [-0.25, -0.2) is 19.7 Å². The fourth-order valence-electron chi connectivity index (χ4n) is 1.72. The number of carboxylic acids is 1. The number of carbonyl (C=O) groups is 1. The Hall–Kier alpha value is -2.06. The molecule has 2 rings (SSSR count). The molecule has 0 aromatic carbocycles. The highest BCUT2D eigenvalue weighted by molar-refractivity contribution is 7.09. The highest BCUT2D eigenvalue weighted by Crippen LogP contribution is 2.18. The number of aryl methyl sites for hydroxylation is 1. The molecule has 0 aliphatic rings. The summed E-state index contributed by atoms with van der Waals surface area (Å²) in [7, 11) is 1.63. The van der Waals surface area contributed by atoms with Crippen molar-refractivity contribution in [1.29, 1.82) is 0 Å². The SMILES string of the molecule is COCCN(Cc1scnc1C)c1cnc(C(=O)O)cn1. The largest absolute Gasteiger partial charge is 0.476 e. The predicted molar refractivity (Wildman–Crippen MR) is 78.8 cm³/mol. The van der Waals surface area contributed by atoms with Crippen LogP contribution in [0.1, 0.15) is 21.1 Å². The average Bonchev–Trinajstić information content (AvgIpc) is 2.88. The van der Waals surface area contributed by atoms with E-state index in [2.05, 4.69) is 15.0 Å². The maximum atomic E-state index is 10.8. The van der Waals surface area contributed by atoms with Crippen molar-refractivity contribution < 1.29 is 14.6 Å². The van der Waals surface area contributed by atoms with E-state index in [1.807, 2.05) is 11.8 Å². The van der Waals surface area contributed by atoms with Crippen LogP contribution in [-0.4, -0.2) is 46.3 Å².